The van der Waals surface area contributed by atoms with Crippen LogP contribution in [0.4, 0.5) is 0 Å². The van der Waals surface area contributed by atoms with Gasteiger partial charge in [0.1, 0.15) is 10.6 Å². The molecule has 1 unspecified atom stereocenters. The minimum Gasteiger partial charge on any atom is -0.495 e. The molecule has 0 amide bonds. The van der Waals surface area contributed by atoms with Gasteiger partial charge in [0.05, 0.1) is 24.9 Å². The lowest BCUT2D eigenvalue weighted by Crippen LogP contribution is -2.43. The molecule has 118 valence electrons. The second kappa shape index (κ2) is 6.39. The number of aliphatic hydroxyl groups is 2. The number of hydrogen-bond donors (Lipinski definition) is 4. The number of aliphatic hydroxyl groups excluding tert-OH is 1. The Morgan fingerprint density at radius 3 is 2.52 bits per heavy atom. The molecule has 9 heteroatoms. The van der Waals surface area contributed by atoms with Gasteiger partial charge in [-0.2, -0.15) is 0 Å². The largest absolute Gasteiger partial charge is 0.495 e. The fourth-order valence-electron chi connectivity index (χ4n) is 1.41. The van der Waals surface area contributed by atoms with E-state index in [4.69, 9.17) is 14.9 Å². The molecule has 0 fully saturated rings. The molecule has 21 heavy (non-hydrogen) atoms. The molecule has 1 aromatic carbocycles. The standard InChI is InChI=1S/C12H17NO7S/c1-12(17,7-14)6-13-21(18,19)10-4-3-8(11(15)16)5-9(10)20-2/h3-5,13-14,17H,6-7H2,1-2H3,(H,15,16). The van der Waals surface area contributed by atoms with Crippen molar-refractivity contribution in [2.45, 2.75) is 17.4 Å². The van der Waals surface area contributed by atoms with Gasteiger partial charge in [-0.15, -0.1) is 0 Å². The monoisotopic (exact) mass is 319 g/mol. The SMILES string of the molecule is COc1cc(C(=O)O)ccc1S(=O)(=O)NCC(C)(O)CO. The molecule has 0 spiro atoms. The minimum absolute atomic E-state index is 0.117. The van der Waals surface area contributed by atoms with Gasteiger partial charge in [-0.1, -0.05) is 0 Å². The summed E-state index contributed by atoms with van der Waals surface area (Å²) in [4.78, 5) is 10.6. The number of aromatic carboxylic acids is 1. The number of carboxylic acids is 1. The third kappa shape index (κ3) is 4.39. The van der Waals surface area contributed by atoms with E-state index in [0.717, 1.165) is 18.2 Å². The molecule has 4 N–H and O–H groups in total. The summed E-state index contributed by atoms with van der Waals surface area (Å²) in [6.45, 7) is 0.237. The van der Waals surface area contributed by atoms with Crippen molar-refractivity contribution >= 4 is 16.0 Å². The minimum atomic E-state index is -4.03. The molecule has 8 nitrogen and oxygen atoms in total. The Hall–Kier alpha value is -1.68. The molecule has 1 rings (SSSR count). The lowest BCUT2D eigenvalue weighted by Gasteiger charge is -2.21. The highest BCUT2D eigenvalue weighted by molar-refractivity contribution is 7.89. The first kappa shape index (κ1) is 17.4. The van der Waals surface area contributed by atoms with Gasteiger partial charge in [0.25, 0.3) is 0 Å². The fourth-order valence-corrected chi connectivity index (χ4v) is 2.72. The summed E-state index contributed by atoms with van der Waals surface area (Å²) < 4.78 is 31.3. The van der Waals surface area contributed by atoms with Crippen LogP contribution in [0, 0.1) is 0 Å². The predicted octanol–water partition coefficient (Wildman–Crippen LogP) is -0.585. The van der Waals surface area contributed by atoms with Gasteiger partial charge in [-0.05, 0) is 25.1 Å². The van der Waals surface area contributed by atoms with Gasteiger partial charge >= 0.3 is 5.97 Å². The third-order valence-corrected chi connectivity index (χ3v) is 4.12. The van der Waals surface area contributed by atoms with Gasteiger partial charge in [0, 0.05) is 6.54 Å². The number of sulfonamides is 1. The number of ether oxygens (including phenoxy) is 1. The molecule has 0 aliphatic heterocycles. The molecular weight excluding hydrogens is 302 g/mol. The average Bonchev–Trinajstić information content (AvgIpc) is 2.44. The first-order chi connectivity index (χ1) is 9.63. The fraction of sp³-hybridized carbons (Fsp3) is 0.417. The summed E-state index contributed by atoms with van der Waals surface area (Å²) in [6, 6.07) is 3.31. The van der Waals surface area contributed by atoms with Crippen LogP contribution in [0.25, 0.3) is 0 Å². The average molecular weight is 319 g/mol. The highest BCUT2D eigenvalue weighted by atomic mass is 32.2. The van der Waals surface area contributed by atoms with Crippen LogP contribution in [0.15, 0.2) is 23.1 Å². The second-order valence-corrected chi connectivity index (χ2v) is 6.39. The van der Waals surface area contributed by atoms with E-state index in [1.807, 2.05) is 0 Å². The van der Waals surface area contributed by atoms with Crippen molar-refractivity contribution in [2.24, 2.45) is 0 Å². The topological polar surface area (TPSA) is 133 Å². The predicted molar refractivity (Wildman–Crippen MR) is 72.9 cm³/mol. The van der Waals surface area contributed by atoms with E-state index in [0.29, 0.717) is 0 Å². The lowest BCUT2D eigenvalue weighted by molar-refractivity contribution is 0.00680. The second-order valence-electron chi connectivity index (χ2n) is 4.65. The normalized spacial score (nSPS) is 14.5. The van der Waals surface area contributed by atoms with Crippen LogP contribution in [0.1, 0.15) is 17.3 Å². The van der Waals surface area contributed by atoms with E-state index in [-0.39, 0.29) is 16.2 Å². The maximum Gasteiger partial charge on any atom is 0.335 e. The van der Waals surface area contributed by atoms with Gasteiger partial charge in [-0.25, -0.2) is 17.9 Å². The first-order valence-corrected chi connectivity index (χ1v) is 7.35. The van der Waals surface area contributed by atoms with Crippen molar-refractivity contribution in [1.82, 2.24) is 4.72 Å². The Labute approximate surface area is 122 Å². The van der Waals surface area contributed by atoms with Crippen molar-refractivity contribution in [2.75, 3.05) is 20.3 Å². The molecular formula is C12H17NO7S. The molecule has 0 radical (unpaired) electrons. The van der Waals surface area contributed by atoms with Crippen LogP contribution in [-0.2, 0) is 10.0 Å². The molecule has 0 saturated heterocycles. The quantitative estimate of drug-likeness (QED) is 0.528. The molecule has 0 aliphatic carbocycles. The molecule has 1 aromatic rings. The number of hydrogen-bond acceptors (Lipinski definition) is 6. The lowest BCUT2D eigenvalue weighted by atomic mass is 10.1. The summed E-state index contributed by atoms with van der Waals surface area (Å²) in [7, 11) is -2.82. The van der Waals surface area contributed by atoms with E-state index in [1.165, 1.54) is 14.0 Å². The third-order valence-electron chi connectivity index (χ3n) is 2.68. The Bertz CT molecular complexity index is 624. The van der Waals surface area contributed by atoms with Gasteiger partial charge in [0.2, 0.25) is 10.0 Å². The smallest absolute Gasteiger partial charge is 0.335 e. The van der Waals surface area contributed by atoms with Crippen molar-refractivity contribution < 1.29 is 33.3 Å². The summed E-state index contributed by atoms with van der Waals surface area (Å²) >= 11 is 0. The Morgan fingerprint density at radius 2 is 2.05 bits per heavy atom. The summed E-state index contributed by atoms with van der Waals surface area (Å²) in [5, 5.41) is 27.3. The summed E-state index contributed by atoms with van der Waals surface area (Å²) in [6.07, 6.45) is 0. The van der Waals surface area contributed by atoms with E-state index in [1.54, 1.807) is 0 Å². The van der Waals surface area contributed by atoms with Crippen molar-refractivity contribution in [3.8, 4) is 5.75 Å². The molecule has 0 aliphatic rings. The molecule has 1 atom stereocenters. The number of methoxy groups -OCH3 is 1. The van der Waals surface area contributed by atoms with Crippen molar-refractivity contribution in [1.29, 1.82) is 0 Å². The van der Waals surface area contributed by atoms with Crippen LogP contribution >= 0.6 is 0 Å². The zero-order valence-electron chi connectivity index (χ0n) is 11.5. The van der Waals surface area contributed by atoms with E-state index in [2.05, 4.69) is 4.72 Å². The van der Waals surface area contributed by atoms with Crippen LogP contribution in [0.2, 0.25) is 0 Å². The summed E-state index contributed by atoms with van der Waals surface area (Å²) in [5.74, 6) is -1.35. The van der Waals surface area contributed by atoms with E-state index >= 15 is 0 Å². The van der Waals surface area contributed by atoms with Crippen molar-refractivity contribution in [3.63, 3.8) is 0 Å². The molecule has 0 bridgehead atoms. The Kier molecular flexibility index (Phi) is 5.29. The van der Waals surface area contributed by atoms with Gasteiger partial charge in [-0.3, -0.25) is 0 Å². The van der Waals surface area contributed by atoms with Gasteiger partial charge < -0.3 is 20.1 Å². The maximum atomic E-state index is 12.1. The first-order valence-electron chi connectivity index (χ1n) is 5.87. The highest BCUT2D eigenvalue weighted by Gasteiger charge is 2.26. The van der Waals surface area contributed by atoms with E-state index in [9.17, 15) is 18.3 Å². The van der Waals surface area contributed by atoms with Crippen LogP contribution in [0.5, 0.6) is 5.75 Å². The number of rotatable bonds is 7. The zero-order valence-corrected chi connectivity index (χ0v) is 12.3. The van der Waals surface area contributed by atoms with Crippen LogP contribution in [-0.4, -0.2) is 55.6 Å². The Morgan fingerprint density at radius 1 is 1.43 bits per heavy atom. The van der Waals surface area contributed by atoms with Crippen LogP contribution < -0.4 is 9.46 Å². The van der Waals surface area contributed by atoms with Gasteiger partial charge in [0.15, 0.2) is 0 Å². The molecule has 0 saturated carbocycles. The number of benzene rings is 1. The molecule has 0 heterocycles. The number of carboxylic acid groups (broad SMARTS) is 1. The zero-order chi connectivity index (χ0) is 16.3. The van der Waals surface area contributed by atoms with Crippen LogP contribution in [0.3, 0.4) is 0 Å². The number of carbonyl (C=O) groups is 1. The Balaban J connectivity index is 3.11. The molecule has 0 aromatic heterocycles. The highest BCUT2D eigenvalue weighted by Crippen LogP contribution is 2.25. The number of nitrogens with one attached hydrogen (secondary N) is 1. The van der Waals surface area contributed by atoms with Crippen molar-refractivity contribution in [3.05, 3.63) is 23.8 Å². The van der Waals surface area contributed by atoms with E-state index < -0.39 is 34.7 Å². The maximum absolute atomic E-state index is 12.1. The summed E-state index contributed by atoms with van der Waals surface area (Å²) in [5.41, 5.74) is -1.73.